The van der Waals surface area contributed by atoms with Gasteiger partial charge in [0, 0.05) is 17.2 Å². The molecule has 1 aromatic carbocycles. The Labute approximate surface area is 89.0 Å². The Morgan fingerprint density at radius 3 is 3.00 bits per heavy atom. The molecule has 0 amide bonds. The van der Waals surface area contributed by atoms with E-state index < -0.39 is 0 Å². The van der Waals surface area contributed by atoms with Crippen molar-refractivity contribution in [1.82, 2.24) is 0 Å². The molecule has 0 aromatic heterocycles. The first-order valence-corrected chi connectivity index (χ1v) is 6.10. The van der Waals surface area contributed by atoms with Crippen LogP contribution in [0.5, 0.6) is 0 Å². The predicted molar refractivity (Wildman–Crippen MR) is 61.1 cm³/mol. The molecule has 1 N–H and O–H groups in total. The molecule has 76 valence electrons. The number of hydrogen-bond acceptors (Lipinski definition) is 3. The monoisotopic (exact) mass is 209 g/mol. The van der Waals surface area contributed by atoms with Crippen molar-refractivity contribution in [3.8, 4) is 0 Å². The Kier molecular flexibility index (Phi) is 3.32. The minimum atomic E-state index is 0.489. The van der Waals surface area contributed by atoms with E-state index in [2.05, 4.69) is 35.8 Å². The first kappa shape index (κ1) is 9.87. The van der Waals surface area contributed by atoms with Crippen LogP contribution in [0.3, 0.4) is 0 Å². The molecule has 1 atom stereocenters. The SMILES string of the molecule is CSc1ccccc1NC1CCOC1. The molecule has 14 heavy (non-hydrogen) atoms. The summed E-state index contributed by atoms with van der Waals surface area (Å²) in [5.41, 5.74) is 1.23. The molecule has 1 fully saturated rings. The largest absolute Gasteiger partial charge is 0.379 e. The Balaban J connectivity index is 2.07. The van der Waals surface area contributed by atoms with Crippen molar-refractivity contribution in [2.45, 2.75) is 17.4 Å². The number of rotatable bonds is 3. The lowest BCUT2D eigenvalue weighted by molar-refractivity contribution is 0.195. The molecule has 0 radical (unpaired) electrons. The summed E-state index contributed by atoms with van der Waals surface area (Å²) in [5.74, 6) is 0. The van der Waals surface area contributed by atoms with E-state index in [0.29, 0.717) is 6.04 Å². The van der Waals surface area contributed by atoms with Gasteiger partial charge >= 0.3 is 0 Å². The summed E-state index contributed by atoms with van der Waals surface area (Å²) in [6.45, 7) is 1.72. The third kappa shape index (κ3) is 2.22. The standard InChI is InChI=1S/C11H15NOS/c1-14-11-5-3-2-4-10(11)12-9-6-7-13-8-9/h2-5,9,12H,6-8H2,1H3. The third-order valence-electron chi connectivity index (χ3n) is 2.40. The second-order valence-corrected chi connectivity index (χ2v) is 4.25. The fourth-order valence-electron chi connectivity index (χ4n) is 1.63. The number of thioether (sulfide) groups is 1. The predicted octanol–water partition coefficient (Wildman–Crippen LogP) is 2.61. The summed E-state index contributed by atoms with van der Waals surface area (Å²) < 4.78 is 5.33. The van der Waals surface area contributed by atoms with Crippen LogP contribution in [0.15, 0.2) is 29.2 Å². The molecular weight excluding hydrogens is 194 g/mol. The maximum absolute atomic E-state index is 5.33. The Morgan fingerprint density at radius 2 is 2.29 bits per heavy atom. The summed E-state index contributed by atoms with van der Waals surface area (Å²) in [6.07, 6.45) is 3.22. The van der Waals surface area contributed by atoms with Crippen LogP contribution < -0.4 is 5.32 Å². The van der Waals surface area contributed by atoms with Crippen molar-refractivity contribution >= 4 is 17.4 Å². The highest BCUT2D eigenvalue weighted by atomic mass is 32.2. The Morgan fingerprint density at radius 1 is 1.43 bits per heavy atom. The van der Waals surface area contributed by atoms with Gasteiger partial charge in [0.25, 0.3) is 0 Å². The number of anilines is 1. The highest BCUT2D eigenvalue weighted by molar-refractivity contribution is 7.98. The fraction of sp³-hybridized carbons (Fsp3) is 0.455. The average molecular weight is 209 g/mol. The third-order valence-corrected chi connectivity index (χ3v) is 3.19. The maximum atomic E-state index is 5.33. The van der Waals surface area contributed by atoms with E-state index in [4.69, 9.17) is 4.74 Å². The van der Waals surface area contributed by atoms with Gasteiger partial charge in [-0.1, -0.05) is 12.1 Å². The molecule has 1 aliphatic rings. The molecule has 1 saturated heterocycles. The molecule has 2 rings (SSSR count). The van der Waals surface area contributed by atoms with Gasteiger partial charge in [0.05, 0.1) is 12.6 Å². The molecular formula is C11H15NOS. The van der Waals surface area contributed by atoms with Crippen LogP contribution in [0.25, 0.3) is 0 Å². The van der Waals surface area contributed by atoms with Gasteiger partial charge in [0.15, 0.2) is 0 Å². The van der Waals surface area contributed by atoms with Crippen LogP contribution >= 0.6 is 11.8 Å². The van der Waals surface area contributed by atoms with Gasteiger partial charge < -0.3 is 10.1 Å². The summed E-state index contributed by atoms with van der Waals surface area (Å²) in [4.78, 5) is 1.31. The van der Waals surface area contributed by atoms with Gasteiger partial charge in [-0.15, -0.1) is 11.8 Å². The Bertz CT molecular complexity index is 297. The summed E-state index contributed by atoms with van der Waals surface area (Å²) in [5, 5.41) is 3.51. The highest BCUT2D eigenvalue weighted by Crippen LogP contribution is 2.26. The quantitative estimate of drug-likeness (QED) is 0.773. The topological polar surface area (TPSA) is 21.3 Å². The molecule has 1 unspecified atom stereocenters. The van der Waals surface area contributed by atoms with Crippen LogP contribution in [0, 0.1) is 0 Å². The molecule has 3 heteroatoms. The zero-order chi connectivity index (χ0) is 9.80. The number of hydrogen-bond donors (Lipinski definition) is 1. The highest BCUT2D eigenvalue weighted by Gasteiger charge is 2.15. The number of para-hydroxylation sites is 1. The molecule has 0 spiro atoms. The van der Waals surface area contributed by atoms with Crippen molar-refractivity contribution < 1.29 is 4.74 Å². The van der Waals surface area contributed by atoms with Gasteiger partial charge in [-0.3, -0.25) is 0 Å². The molecule has 0 bridgehead atoms. The number of nitrogens with one attached hydrogen (secondary N) is 1. The van der Waals surface area contributed by atoms with E-state index in [0.717, 1.165) is 19.6 Å². The van der Waals surface area contributed by atoms with Crippen molar-refractivity contribution in [1.29, 1.82) is 0 Å². The second-order valence-electron chi connectivity index (χ2n) is 3.41. The van der Waals surface area contributed by atoms with Crippen LogP contribution in [-0.4, -0.2) is 25.5 Å². The smallest absolute Gasteiger partial charge is 0.0668 e. The van der Waals surface area contributed by atoms with E-state index in [1.165, 1.54) is 10.6 Å². The lowest BCUT2D eigenvalue weighted by atomic mass is 10.2. The van der Waals surface area contributed by atoms with Crippen molar-refractivity contribution in [3.63, 3.8) is 0 Å². The van der Waals surface area contributed by atoms with Gasteiger partial charge in [0.2, 0.25) is 0 Å². The zero-order valence-corrected chi connectivity index (χ0v) is 9.14. The minimum absolute atomic E-state index is 0.489. The Hall–Kier alpha value is -0.670. The average Bonchev–Trinajstić information content (AvgIpc) is 2.71. The lowest BCUT2D eigenvalue weighted by Gasteiger charge is -2.14. The van der Waals surface area contributed by atoms with E-state index in [1.54, 1.807) is 11.8 Å². The molecule has 1 heterocycles. The first-order valence-electron chi connectivity index (χ1n) is 4.87. The second kappa shape index (κ2) is 4.71. The van der Waals surface area contributed by atoms with Crippen LogP contribution in [0.2, 0.25) is 0 Å². The lowest BCUT2D eigenvalue weighted by Crippen LogP contribution is -2.19. The molecule has 0 saturated carbocycles. The summed E-state index contributed by atoms with van der Waals surface area (Å²) in [6, 6.07) is 8.90. The maximum Gasteiger partial charge on any atom is 0.0668 e. The van der Waals surface area contributed by atoms with E-state index in [9.17, 15) is 0 Å². The molecule has 1 aliphatic heterocycles. The first-order chi connectivity index (χ1) is 6.90. The number of ether oxygens (including phenoxy) is 1. The molecule has 2 nitrogen and oxygen atoms in total. The van der Waals surface area contributed by atoms with E-state index >= 15 is 0 Å². The van der Waals surface area contributed by atoms with Crippen molar-refractivity contribution in [2.75, 3.05) is 24.8 Å². The van der Waals surface area contributed by atoms with Gasteiger partial charge in [-0.05, 0) is 24.8 Å². The van der Waals surface area contributed by atoms with Crippen molar-refractivity contribution in [2.24, 2.45) is 0 Å². The molecule has 1 aromatic rings. The number of benzene rings is 1. The van der Waals surface area contributed by atoms with Gasteiger partial charge in [-0.2, -0.15) is 0 Å². The normalized spacial score (nSPS) is 21.1. The van der Waals surface area contributed by atoms with E-state index in [1.807, 2.05) is 0 Å². The summed E-state index contributed by atoms with van der Waals surface area (Å²) >= 11 is 1.78. The molecule has 0 aliphatic carbocycles. The zero-order valence-electron chi connectivity index (χ0n) is 8.32. The fourth-order valence-corrected chi connectivity index (χ4v) is 2.19. The van der Waals surface area contributed by atoms with Gasteiger partial charge in [-0.25, -0.2) is 0 Å². The van der Waals surface area contributed by atoms with Crippen LogP contribution in [0.4, 0.5) is 5.69 Å². The minimum Gasteiger partial charge on any atom is -0.379 e. The van der Waals surface area contributed by atoms with E-state index in [-0.39, 0.29) is 0 Å². The van der Waals surface area contributed by atoms with Crippen LogP contribution in [-0.2, 0) is 4.74 Å². The van der Waals surface area contributed by atoms with Crippen molar-refractivity contribution in [3.05, 3.63) is 24.3 Å². The van der Waals surface area contributed by atoms with Gasteiger partial charge in [0.1, 0.15) is 0 Å². The summed E-state index contributed by atoms with van der Waals surface area (Å²) in [7, 11) is 0. The van der Waals surface area contributed by atoms with Crippen LogP contribution in [0.1, 0.15) is 6.42 Å².